The second-order valence-corrected chi connectivity index (χ2v) is 6.82. The van der Waals surface area contributed by atoms with Crippen LogP contribution in [0.1, 0.15) is 49.0 Å². The third kappa shape index (κ3) is 4.31. The van der Waals surface area contributed by atoms with Crippen molar-refractivity contribution in [3.63, 3.8) is 0 Å². The molecule has 1 aliphatic heterocycles. The van der Waals surface area contributed by atoms with E-state index in [0.717, 1.165) is 50.0 Å². The number of likely N-dealkylation sites (N-methyl/N-ethyl adjacent to an activating group) is 1. The van der Waals surface area contributed by atoms with Crippen LogP contribution in [0.25, 0.3) is 0 Å². The fraction of sp³-hybridized carbons (Fsp3) is 0.611. The summed E-state index contributed by atoms with van der Waals surface area (Å²) < 4.78 is 0. The molecular formula is C18H28N2O. The van der Waals surface area contributed by atoms with Gasteiger partial charge in [-0.2, -0.15) is 0 Å². The van der Waals surface area contributed by atoms with Crippen molar-refractivity contribution in [1.82, 2.24) is 10.2 Å². The van der Waals surface area contributed by atoms with Crippen LogP contribution in [0.5, 0.6) is 0 Å². The molecule has 21 heavy (non-hydrogen) atoms. The van der Waals surface area contributed by atoms with Crippen LogP contribution < -0.4 is 5.32 Å². The molecule has 0 saturated carbocycles. The molecule has 0 atom stereocenters. The number of hydrogen-bond acceptors (Lipinski definition) is 2. The lowest BCUT2D eigenvalue weighted by molar-refractivity contribution is 0.0756. The van der Waals surface area contributed by atoms with Crippen LogP contribution >= 0.6 is 0 Å². The summed E-state index contributed by atoms with van der Waals surface area (Å²) in [6, 6.07) is 8.04. The molecule has 1 fully saturated rings. The second kappa shape index (κ2) is 7.08. The van der Waals surface area contributed by atoms with Crippen molar-refractivity contribution in [2.24, 2.45) is 5.41 Å². The monoisotopic (exact) mass is 288 g/mol. The van der Waals surface area contributed by atoms with E-state index in [4.69, 9.17) is 0 Å². The minimum atomic E-state index is 0.208. The third-order valence-electron chi connectivity index (χ3n) is 4.52. The smallest absolute Gasteiger partial charge is 0.254 e. The van der Waals surface area contributed by atoms with Gasteiger partial charge in [-0.3, -0.25) is 4.79 Å². The average Bonchev–Trinajstić information content (AvgIpc) is 2.65. The maximum atomic E-state index is 12.9. The van der Waals surface area contributed by atoms with E-state index in [9.17, 15) is 4.79 Å². The van der Waals surface area contributed by atoms with Crippen molar-refractivity contribution in [2.45, 2.75) is 39.5 Å². The van der Waals surface area contributed by atoms with E-state index >= 15 is 0 Å². The lowest BCUT2D eigenvalue weighted by atomic mass is 9.85. The van der Waals surface area contributed by atoms with Gasteiger partial charge in [-0.1, -0.05) is 32.0 Å². The topological polar surface area (TPSA) is 32.3 Å². The van der Waals surface area contributed by atoms with Gasteiger partial charge in [0, 0.05) is 18.7 Å². The van der Waals surface area contributed by atoms with Gasteiger partial charge in [-0.15, -0.1) is 0 Å². The number of nitrogens with zero attached hydrogens (tertiary/aromatic N) is 1. The van der Waals surface area contributed by atoms with E-state index in [1.54, 1.807) is 0 Å². The highest BCUT2D eigenvalue weighted by Crippen LogP contribution is 2.30. The molecular weight excluding hydrogens is 260 g/mol. The Morgan fingerprint density at radius 3 is 2.76 bits per heavy atom. The molecule has 1 aromatic rings. The predicted octanol–water partition coefficient (Wildman–Crippen LogP) is 3.10. The Morgan fingerprint density at radius 1 is 1.24 bits per heavy atom. The van der Waals surface area contributed by atoms with Gasteiger partial charge in [-0.25, -0.2) is 0 Å². The fourth-order valence-corrected chi connectivity index (χ4v) is 3.00. The summed E-state index contributed by atoms with van der Waals surface area (Å²) in [6.07, 6.45) is 4.31. The normalized spacial score (nSPS) is 18.3. The zero-order valence-electron chi connectivity index (χ0n) is 13.6. The number of hydrogen-bond donors (Lipinski definition) is 1. The zero-order valence-corrected chi connectivity index (χ0v) is 13.6. The summed E-state index contributed by atoms with van der Waals surface area (Å²) in [7, 11) is 1.95. The number of carbonyl (C=O) groups excluding carboxylic acids is 1. The van der Waals surface area contributed by atoms with Gasteiger partial charge in [-0.05, 0) is 56.3 Å². The van der Waals surface area contributed by atoms with E-state index in [0.29, 0.717) is 5.41 Å². The molecule has 1 amide bonds. The molecule has 0 aliphatic carbocycles. The van der Waals surface area contributed by atoms with Crippen molar-refractivity contribution < 1.29 is 4.79 Å². The van der Waals surface area contributed by atoms with Crippen LogP contribution in [-0.2, 0) is 6.42 Å². The second-order valence-electron chi connectivity index (χ2n) is 6.82. The van der Waals surface area contributed by atoms with Crippen molar-refractivity contribution in [2.75, 3.05) is 26.7 Å². The van der Waals surface area contributed by atoms with Crippen LogP contribution in [0.3, 0.4) is 0 Å². The van der Waals surface area contributed by atoms with Crippen molar-refractivity contribution in [3.05, 3.63) is 35.4 Å². The minimum Gasteiger partial charge on any atom is -0.339 e. The van der Waals surface area contributed by atoms with Gasteiger partial charge < -0.3 is 10.2 Å². The summed E-state index contributed by atoms with van der Waals surface area (Å²) in [4.78, 5) is 14.9. The van der Waals surface area contributed by atoms with Crippen LogP contribution in [-0.4, -0.2) is 37.5 Å². The molecule has 0 bridgehead atoms. The Kier molecular flexibility index (Phi) is 5.40. The minimum absolute atomic E-state index is 0.208. The quantitative estimate of drug-likeness (QED) is 0.923. The molecule has 2 rings (SSSR count). The number of amides is 1. The summed E-state index contributed by atoms with van der Waals surface area (Å²) in [5.41, 5.74) is 2.40. The molecule has 3 heteroatoms. The molecule has 1 saturated heterocycles. The summed E-state index contributed by atoms with van der Waals surface area (Å²) >= 11 is 0. The van der Waals surface area contributed by atoms with Gasteiger partial charge in [0.15, 0.2) is 0 Å². The molecule has 116 valence electrons. The largest absolute Gasteiger partial charge is 0.339 e. The van der Waals surface area contributed by atoms with Gasteiger partial charge in [0.1, 0.15) is 0 Å². The van der Waals surface area contributed by atoms with Crippen LogP contribution in [0, 0.1) is 5.41 Å². The van der Waals surface area contributed by atoms with Gasteiger partial charge in [0.2, 0.25) is 0 Å². The van der Waals surface area contributed by atoms with E-state index < -0.39 is 0 Å². The molecule has 1 aliphatic rings. The summed E-state index contributed by atoms with van der Waals surface area (Å²) in [5.74, 6) is 0.208. The van der Waals surface area contributed by atoms with Gasteiger partial charge in [0.05, 0.1) is 0 Å². The Labute approximate surface area is 128 Å². The van der Waals surface area contributed by atoms with Crippen molar-refractivity contribution >= 4 is 5.91 Å². The number of likely N-dealkylation sites (tertiary alicyclic amines) is 1. The van der Waals surface area contributed by atoms with E-state index in [1.165, 1.54) is 6.42 Å². The van der Waals surface area contributed by atoms with Crippen LogP contribution in [0.2, 0.25) is 0 Å². The van der Waals surface area contributed by atoms with Crippen LogP contribution in [0.15, 0.2) is 24.3 Å². The van der Waals surface area contributed by atoms with Crippen molar-refractivity contribution in [3.8, 4) is 0 Å². The molecule has 3 nitrogen and oxygen atoms in total. The first-order valence-electron chi connectivity index (χ1n) is 8.05. The lowest BCUT2D eigenvalue weighted by Crippen LogP contribution is -2.33. The maximum absolute atomic E-state index is 12.9. The van der Waals surface area contributed by atoms with Crippen molar-refractivity contribution in [1.29, 1.82) is 0 Å². The van der Waals surface area contributed by atoms with Gasteiger partial charge >= 0.3 is 0 Å². The van der Waals surface area contributed by atoms with Crippen LogP contribution in [0.4, 0.5) is 0 Å². The Bertz CT molecular complexity index is 482. The van der Waals surface area contributed by atoms with E-state index in [-0.39, 0.29) is 5.91 Å². The van der Waals surface area contributed by atoms with E-state index in [2.05, 4.69) is 25.2 Å². The third-order valence-corrected chi connectivity index (χ3v) is 4.52. The molecule has 0 unspecified atom stereocenters. The predicted molar refractivity (Wildman–Crippen MR) is 87.6 cm³/mol. The summed E-state index contributed by atoms with van der Waals surface area (Å²) in [5, 5.41) is 3.16. The SMILES string of the molecule is CNCCc1ccccc1C(=O)N1CCCC(C)(C)CC1. The highest BCUT2D eigenvalue weighted by Gasteiger charge is 2.26. The molecule has 1 aromatic carbocycles. The Hall–Kier alpha value is -1.35. The average molecular weight is 288 g/mol. The number of benzene rings is 1. The van der Waals surface area contributed by atoms with Gasteiger partial charge in [0.25, 0.3) is 5.91 Å². The standard InChI is InChI=1S/C18H28N2O/c1-18(2)10-6-13-20(14-11-18)17(21)16-8-5-4-7-15(16)9-12-19-3/h4-5,7-8,19H,6,9-14H2,1-3H3. The zero-order chi connectivity index (χ0) is 15.3. The number of carbonyl (C=O) groups is 1. The lowest BCUT2D eigenvalue weighted by Gasteiger charge is -2.24. The Morgan fingerprint density at radius 2 is 2.00 bits per heavy atom. The highest BCUT2D eigenvalue weighted by atomic mass is 16.2. The molecule has 1 N–H and O–H groups in total. The molecule has 1 heterocycles. The Balaban J connectivity index is 2.12. The van der Waals surface area contributed by atoms with E-state index in [1.807, 2.05) is 30.1 Å². The number of rotatable bonds is 4. The number of nitrogens with one attached hydrogen (secondary N) is 1. The highest BCUT2D eigenvalue weighted by molar-refractivity contribution is 5.95. The first-order valence-corrected chi connectivity index (χ1v) is 8.05. The first kappa shape index (κ1) is 16.0. The fourth-order valence-electron chi connectivity index (χ4n) is 3.00. The molecule has 0 aromatic heterocycles. The molecule has 0 spiro atoms. The molecule has 0 radical (unpaired) electrons. The first-order chi connectivity index (χ1) is 10.0. The maximum Gasteiger partial charge on any atom is 0.254 e. The summed E-state index contributed by atoms with van der Waals surface area (Å²) in [6.45, 7) is 7.29.